The van der Waals surface area contributed by atoms with Crippen LogP contribution in [0.15, 0.2) is 24.3 Å². The Morgan fingerprint density at radius 1 is 1.04 bits per heavy atom. The third-order valence-electron chi connectivity index (χ3n) is 5.88. The fourth-order valence-corrected chi connectivity index (χ4v) is 4.34. The Morgan fingerprint density at radius 3 is 2.46 bits per heavy atom. The number of piperazine rings is 1. The van der Waals surface area contributed by atoms with E-state index < -0.39 is 0 Å². The van der Waals surface area contributed by atoms with Crippen molar-refractivity contribution >= 4 is 17.5 Å². The van der Waals surface area contributed by atoms with Crippen LogP contribution in [-0.2, 0) is 11.3 Å². The van der Waals surface area contributed by atoms with Crippen molar-refractivity contribution in [3.8, 4) is 5.69 Å². The molecule has 0 spiro atoms. The van der Waals surface area contributed by atoms with Crippen LogP contribution in [0, 0.1) is 5.92 Å². The highest BCUT2D eigenvalue weighted by molar-refractivity contribution is 6.30. The lowest BCUT2D eigenvalue weighted by Gasteiger charge is -2.35. The van der Waals surface area contributed by atoms with E-state index in [1.807, 2.05) is 29.2 Å². The molecule has 0 N–H and O–H groups in total. The van der Waals surface area contributed by atoms with Gasteiger partial charge in [-0.05, 0) is 53.5 Å². The molecule has 2 fully saturated rings. The molecule has 0 radical (unpaired) electrons. The Bertz CT molecular complexity index is 778. The standard InChI is InChI=1S/C20H27ClN6O/c21-17-6-8-18(9-7-17)27-19(22-23-24-27)15-25-10-12-26(13-11-25)20(28)14-16-4-2-1-3-5-16/h6-9,16H,1-5,10-15H2. The molecular formula is C20H27ClN6O. The molecule has 1 amide bonds. The van der Waals surface area contributed by atoms with E-state index in [4.69, 9.17) is 11.6 Å². The zero-order valence-corrected chi connectivity index (χ0v) is 16.9. The Morgan fingerprint density at radius 2 is 1.75 bits per heavy atom. The summed E-state index contributed by atoms with van der Waals surface area (Å²) in [7, 11) is 0. The van der Waals surface area contributed by atoms with Gasteiger partial charge >= 0.3 is 0 Å². The minimum absolute atomic E-state index is 0.331. The molecule has 7 nitrogen and oxygen atoms in total. The number of rotatable bonds is 5. The molecule has 1 aliphatic carbocycles. The van der Waals surface area contributed by atoms with Crippen molar-refractivity contribution in [1.82, 2.24) is 30.0 Å². The fraction of sp³-hybridized carbons (Fsp3) is 0.600. The molecule has 1 aromatic carbocycles. The molecule has 1 saturated carbocycles. The third-order valence-corrected chi connectivity index (χ3v) is 6.14. The minimum Gasteiger partial charge on any atom is -0.340 e. The second kappa shape index (κ2) is 9.01. The maximum atomic E-state index is 12.6. The first-order chi connectivity index (χ1) is 13.7. The third kappa shape index (κ3) is 4.70. The van der Waals surface area contributed by atoms with Crippen LogP contribution in [0.25, 0.3) is 5.69 Å². The van der Waals surface area contributed by atoms with Gasteiger partial charge in [0.1, 0.15) is 0 Å². The fourth-order valence-electron chi connectivity index (χ4n) is 4.21. The van der Waals surface area contributed by atoms with Gasteiger partial charge in [-0.1, -0.05) is 30.9 Å². The maximum absolute atomic E-state index is 12.6. The molecule has 8 heteroatoms. The van der Waals surface area contributed by atoms with E-state index >= 15 is 0 Å². The van der Waals surface area contributed by atoms with Crippen molar-refractivity contribution in [2.75, 3.05) is 26.2 Å². The molecule has 1 saturated heterocycles. The second-order valence-electron chi connectivity index (χ2n) is 7.85. The highest BCUT2D eigenvalue weighted by Gasteiger charge is 2.25. The van der Waals surface area contributed by atoms with E-state index in [0.29, 0.717) is 23.4 Å². The first-order valence-corrected chi connectivity index (χ1v) is 10.6. The van der Waals surface area contributed by atoms with Crippen molar-refractivity contribution in [3.05, 3.63) is 35.1 Å². The normalized spacial score (nSPS) is 19.1. The van der Waals surface area contributed by atoms with E-state index in [2.05, 4.69) is 20.4 Å². The monoisotopic (exact) mass is 402 g/mol. The highest BCUT2D eigenvalue weighted by Crippen LogP contribution is 2.27. The summed E-state index contributed by atoms with van der Waals surface area (Å²) in [5.74, 6) is 1.73. The van der Waals surface area contributed by atoms with Gasteiger partial charge in [-0.2, -0.15) is 4.68 Å². The molecule has 150 valence electrons. The molecule has 2 heterocycles. The van der Waals surface area contributed by atoms with Crippen LogP contribution in [0.5, 0.6) is 0 Å². The average molecular weight is 403 g/mol. The predicted octanol–water partition coefficient (Wildman–Crippen LogP) is 2.93. The molecule has 0 atom stereocenters. The molecule has 2 aliphatic rings. The van der Waals surface area contributed by atoms with Crippen LogP contribution >= 0.6 is 11.6 Å². The maximum Gasteiger partial charge on any atom is 0.222 e. The van der Waals surface area contributed by atoms with Crippen molar-refractivity contribution in [2.45, 2.75) is 45.1 Å². The zero-order chi connectivity index (χ0) is 19.3. The number of carbonyl (C=O) groups is 1. The minimum atomic E-state index is 0.331. The number of amides is 1. The van der Waals surface area contributed by atoms with Gasteiger partial charge in [-0.3, -0.25) is 9.69 Å². The lowest BCUT2D eigenvalue weighted by atomic mass is 9.86. The summed E-state index contributed by atoms with van der Waals surface area (Å²) in [6.07, 6.45) is 7.08. The Kier molecular flexibility index (Phi) is 6.22. The van der Waals surface area contributed by atoms with Gasteiger partial charge in [0.15, 0.2) is 5.82 Å². The number of hydrogen-bond donors (Lipinski definition) is 0. The Labute approximate surface area is 170 Å². The van der Waals surface area contributed by atoms with Crippen LogP contribution in [0.4, 0.5) is 0 Å². The predicted molar refractivity (Wildman–Crippen MR) is 107 cm³/mol. The van der Waals surface area contributed by atoms with Gasteiger partial charge in [-0.15, -0.1) is 5.10 Å². The Balaban J connectivity index is 1.30. The summed E-state index contributed by atoms with van der Waals surface area (Å²) in [5, 5.41) is 12.8. The van der Waals surface area contributed by atoms with Gasteiger partial charge in [0.05, 0.1) is 12.2 Å². The second-order valence-corrected chi connectivity index (χ2v) is 8.28. The van der Waals surface area contributed by atoms with Crippen LogP contribution in [-0.4, -0.2) is 62.1 Å². The van der Waals surface area contributed by atoms with Gasteiger partial charge in [0.2, 0.25) is 5.91 Å². The molecule has 0 bridgehead atoms. The van der Waals surface area contributed by atoms with Crippen molar-refractivity contribution in [1.29, 1.82) is 0 Å². The average Bonchev–Trinajstić information content (AvgIpc) is 3.18. The molecule has 1 aromatic heterocycles. The van der Waals surface area contributed by atoms with Crippen molar-refractivity contribution < 1.29 is 4.79 Å². The van der Waals surface area contributed by atoms with Gasteiger partial charge in [-0.25, -0.2) is 0 Å². The quantitative estimate of drug-likeness (QED) is 0.769. The Hall–Kier alpha value is -1.99. The summed E-state index contributed by atoms with van der Waals surface area (Å²) in [6, 6.07) is 7.48. The molecule has 28 heavy (non-hydrogen) atoms. The number of tetrazole rings is 1. The number of carbonyl (C=O) groups excluding carboxylic acids is 1. The van der Waals surface area contributed by atoms with E-state index in [0.717, 1.165) is 44.1 Å². The molecule has 0 unspecified atom stereocenters. The largest absolute Gasteiger partial charge is 0.340 e. The van der Waals surface area contributed by atoms with Crippen LogP contribution in [0.1, 0.15) is 44.3 Å². The van der Waals surface area contributed by atoms with Crippen molar-refractivity contribution in [3.63, 3.8) is 0 Å². The molecule has 1 aliphatic heterocycles. The molecule has 2 aromatic rings. The van der Waals surface area contributed by atoms with Crippen molar-refractivity contribution in [2.24, 2.45) is 5.92 Å². The summed E-state index contributed by atoms with van der Waals surface area (Å²) >= 11 is 5.97. The van der Waals surface area contributed by atoms with Gasteiger partial charge in [0, 0.05) is 37.6 Å². The van der Waals surface area contributed by atoms with E-state index in [9.17, 15) is 4.79 Å². The lowest BCUT2D eigenvalue weighted by molar-refractivity contribution is -0.134. The summed E-state index contributed by atoms with van der Waals surface area (Å²) in [5.41, 5.74) is 0.894. The first-order valence-electron chi connectivity index (χ1n) is 10.2. The summed E-state index contributed by atoms with van der Waals surface area (Å²) in [6.45, 7) is 3.94. The van der Waals surface area contributed by atoms with E-state index in [1.165, 1.54) is 32.1 Å². The summed E-state index contributed by atoms with van der Waals surface area (Å²) < 4.78 is 1.75. The number of hydrogen-bond acceptors (Lipinski definition) is 5. The lowest BCUT2D eigenvalue weighted by Crippen LogP contribution is -2.48. The van der Waals surface area contributed by atoms with Crippen LogP contribution in [0.3, 0.4) is 0 Å². The summed E-state index contributed by atoms with van der Waals surface area (Å²) in [4.78, 5) is 17.0. The SMILES string of the molecule is O=C(CC1CCCCC1)N1CCN(Cc2nnnn2-c2ccc(Cl)cc2)CC1. The first kappa shape index (κ1) is 19.3. The molecular weight excluding hydrogens is 376 g/mol. The number of halogens is 1. The molecule has 4 rings (SSSR count). The van der Waals surface area contributed by atoms with E-state index in [1.54, 1.807) is 4.68 Å². The number of benzene rings is 1. The zero-order valence-electron chi connectivity index (χ0n) is 16.1. The number of nitrogens with zero attached hydrogens (tertiary/aromatic N) is 6. The van der Waals surface area contributed by atoms with Gasteiger partial charge < -0.3 is 4.90 Å². The van der Waals surface area contributed by atoms with Crippen LogP contribution < -0.4 is 0 Å². The number of aromatic nitrogens is 4. The van der Waals surface area contributed by atoms with Gasteiger partial charge in [0.25, 0.3) is 0 Å². The topological polar surface area (TPSA) is 67.2 Å². The van der Waals surface area contributed by atoms with E-state index in [-0.39, 0.29) is 0 Å². The highest BCUT2D eigenvalue weighted by atomic mass is 35.5. The van der Waals surface area contributed by atoms with Crippen LogP contribution in [0.2, 0.25) is 5.02 Å². The smallest absolute Gasteiger partial charge is 0.222 e.